The van der Waals surface area contributed by atoms with Crippen LogP contribution in [0.3, 0.4) is 0 Å². The van der Waals surface area contributed by atoms with Gasteiger partial charge in [-0.25, -0.2) is 17.6 Å². The number of hydrogen-bond acceptors (Lipinski definition) is 4. The Kier molecular flexibility index (Phi) is 6.36. The summed E-state index contributed by atoms with van der Waals surface area (Å²) < 4.78 is 41.2. The van der Waals surface area contributed by atoms with Gasteiger partial charge < -0.3 is 9.84 Å². The van der Waals surface area contributed by atoms with Crippen LogP contribution < -0.4 is 4.74 Å². The number of aliphatic carboxylic acids is 1. The summed E-state index contributed by atoms with van der Waals surface area (Å²) >= 11 is 0. The Morgan fingerprint density at radius 1 is 1.38 bits per heavy atom. The van der Waals surface area contributed by atoms with Crippen LogP contribution in [0.2, 0.25) is 0 Å². The molecule has 1 rings (SSSR count). The highest BCUT2D eigenvalue weighted by molar-refractivity contribution is 7.91. The highest BCUT2D eigenvalue weighted by Gasteiger charge is 2.07. The predicted octanol–water partition coefficient (Wildman–Crippen LogP) is 2.13. The molecule has 0 saturated heterocycles. The van der Waals surface area contributed by atoms with Crippen LogP contribution in [0.1, 0.15) is 18.9 Å². The lowest BCUT2D eigenvalue weighted by Gasteiger charge is -2.07. The second-order valence-electron chi connectivity index (χ2n) is 4.33. The Morgan fingerprint density at radius 3 is 2.71 bits per heavy atom. The fourth-order valence-corrected chi connectivity index (χ4v) is 2.39. The largest absolute Gasteiger partial charge is 0.493 e. The molecule has 0 fully saturated rings. The number of halogens is 1. The third kappa shape index (κ3) is 6.89. The number of carbonyl (C=O) groups is 1. The molecule has 0 saturated carbocycles. The lowest BCUT2D eigenvalue weighted by molar-refractivity contribution is -0.131. The number of carboxylic acids is 1. The number of benzene rings is 1. The molecular formula is C14H17FO5S. The summed E-state index contributed by atoms with van der Waals surface area (Å²) in [4.78, 5) is 10.4. The molecule has 116 valence electrons. The normalized spacial score (nSPS) is 11.7. The predicted molar refractivity (Wildman–Crippen MR) is 77.5 cm³/mol. The Bertz CT molecular complexity index is 622. The van der Waals surface area contributed by atoms with Crippen LogP contribution in [-0.4, -0.2) is 37.6 Å². The standard InChI is InChI=1S/C14H17FO5S/c1-2-21(18,19)7-3-6-20-13-9-11(4-5-14(16)17)8-12(15)10-13/h4-5,8-10H,2-3,6-7H2,1H3,(H,16,17)/b5-4+. The van der Waals surface area contributed by atoms with Crippen LogP contribution in [0.25, 0.3) is 6.08 Å². The minimum Gasteiger partial charge on any atom is -0.493 e. The molecule has 0 aliphatic carbocycles. The zero-order valence-electron chi connectivity index (χ0n) is 11.6. The van der Waals surface area contributed by atoms with Crippen LogP contribution in [0.15, 0.2) is 24.3 Å². The van der Waals surface area contributed by atoms with Crippen molar-refractivity contribution in [3.05, 3.63) is 35.7 Å². The van der Waals surface area contributed by atoms with Gasteiger partial charge in [0.2, 0.25) is 0 Å². The van der Waals surface area contributed by atoms with Crippen LogP contribution in [0.5, 0.6) is 5.75 Å². The van der Waals surface area contributed by atoms with Gasteiger partial charge in [-0.3, -0.25) is 0 Å². The fraction of sp³-hybridized carbons (Fsp3) is 0.357. The summed E-state index contributed by atoms with van der Waals surface area (Å²) in [5.74, 6) is -1.36. The van der Waals surface area contributed by atoms with Gasteiger partial charge in [-0.2, -0.15) is 0 Å². The second kappa shape index (κ2) is 7.78. The zero-order valence-corrected chi connectivity index (χ0v) is 12.4. The van der Waals surface area contributed by atoms with Gasteiger partial charge in [-0.15, -0.1) is 0 Å². The first-order valence-electron chi connectivity index (χ1n) is 6.37. The maximum absolute atomic E-state index is 13.3. The van der Waals surface area contributed by atoms with Gasteiger partial charge in [-0.05, 0) is 30.2 Å². The number of carboxylic acid groups (broad SMARTS) is 1. The molecule has 0 unspecified atom stereocenters. The van der Waals surface area contributed by atoms with Crippen LogP contribution >= 0.6 is 0 Å². The fourth-order valence-electron chi connectivity index (χ4n) is 1.54. The van der Waals surface area contributed by atoms with Crippen molar-refractivity contribution in [2.75, 3.05) is 18.1 Å². The summed E-state index contributed by atoms with van der Waals surface area (Å²) in [7, 11) is -3.04. The Labute approximate surface area is 123 Å². The Hall–Kier alpha value is -1.89. The quantitative estimate of drug-likeness (QED) is 0.587. The minimum absolute atomic E-state index is 0.0184. The smallest absolute Gasteiger partial charge is 0.328 e. The summed E-state index contributed by atoms with van der Waals surface area (Å²) in [6.45, 7) is 1.72. The van der Waals surface area contributed by atoms with E-state index in [0.717, 1.165) is 12.1 Å². The van der Waals surface area contributed by atoms with Gasteiger partial charge in [0.05, 0.1) is 12.4 Å². The highest BCUT2D eigenvalue weighted by atomic mass is 32.2. The molecule has 1 aromatic carbocycles. The van der Waals surface area contributed by atoms with Gasteiger partial charge in [0.1, 0.15) is 21.4 Å². The van der Waals surface area contributed by atoms with Crippen molar-refractivity contribution >= 4 is 21.9 Å². The van der Waals surface area contributed by atoms with Crippen molar-refractivity contribution in [1.29, 1.82) is 0 Å². The molecule has 0 spiro atoms. The van der Waals surface area contributed by atoms with E-state index in [1.807, 2.05) is 0 Å². The van der Waals surface area contributed by atoms with Crippen molar-refractivity contribution in [3.8, 4) is 5.75 Å². The summed E-state index contributed by atoms with van der Waals surface area (Å²) in [6, 6.07) is 3.82. The van der Waals surface area contributed by atoms with E-state index in [1.54, 1.807) is 6.92 Å². The van der Waals surface area contributed by atoms with E-state index in [2.05, 4.69) is 0 Å². The zero-order chi connectivity index (χ0) is 15.9. The number of sulfone groups is 1. The van der Waals surface area contributed by atoms with Crippen molar-refractivity contribution < 1.29 is 27.4 Å². The van der Waals surface area contributed by atoms with Crippen molar-refractivity contribution in [2.45, 2.75) is 13.3 Å². The third-order valence-electron chi connectivity index (χ3n) is 2.62. The van der Waals surface area contributed by atoms with Gasteiger partial charge in [0.15, 0.2) is 0 Å². The van der Waals surface area contributed by atoms with Gasteiger partial charge in [-0.1, -0.05) is 6.92 Å². The van der Waals surface area contributed by atoms with Gasteiger partial charge in [0, 0.05) is 17.9 Å². The van der Waals surface area contributed by atoms with E-state index >= 15 is 0 Å². The molecule has 0 aliphatic rings. The van der Waals surface area contributed by atoms with E-state index in [1.165, 1.54) is 18.2 Å². The Balaban J connectivity index is 2.61. The number of hydrogen-bond donors (Lipinski definition) is 1. The SMILES string of the molecule is CCS(=O)(=O)CCCOc1cc(F)cc(/C=C/C(=O)O)c1. The molecular weight excluding hydrogens is 299 g/mol. The molecule has 7 heteroatoms. The molecule has 5 nitrogen and oxygen atoms in total. The van der Waals surface area contributed by atoms with E-state index < -0.39 is 21.6 Å². The molecule has 0 aromatic heterocycles. The molecule has 0 bridgehead atoms. The number of ether oxygens (including phenoxy) is 1. The van der Waals surface area contributed by atoms with E-state index in [4.69, 9.17) is 9.84 Å². The topological polar surface area (TPSA) is 80.7 Å². The molecule has 1 N–H and O–H groups in total. The van der Waals surface area contributed by atoms with Gasteiger partial charge >= 0.3 is 5.97 Å². The second-order valence-corrected chi connectivity index (χ2v) is 6.80. The summed E-state index contributed by atoms with van der Waals surface area (Å²) in [6.07, 6.45) is 2.46. The average Bonchev–Trinajstić information content (AvgIpc) is 2.41. The monoisotopic (exact) mass is 316 g/mol. The first-order valence-corrected chi connectivity index (χ1v) is 8.19. The first-order chi connectivity index (χ1) is 9.82. The average molecular weight is 316 g/mol. The van der Waals surface area contributed by atoms with Crippen LogP contribution in [0.4, 0.5) is 4.39 Å². The molecule has 0 radical (unpaired) electrons. The molecule has 1 aromatic rings. The van der Waals surface area contributed by atoms with Crippen molar-refractivity contribution in [1.82, 2.24) is 0 Å². The van der Waals surface area contributed by atoms with Crippen LogP contribution in [-0.2, 0) is 14.6 Å². The summed E-state index contributed by atoms with van der Waals surface area (Å²) in [5.41, 5.74) is 0.355. The summed E-state index contributed by atoms with van der Waals surface area (Å²) in [5, 5.41) is 8.52. The molecule has 21 heavy (non-hydrogen) atoms. The first kappa shape index (κ1) is 17.2. The lowest BCUT2D eigenvalue weighted by Crippen LogP contribution is -2.11. The minimum atomic E-state index is -3.04. The molecule has 0 amide bonds. The molecule has 0 heterocycles. The molecule has 0 aliphatic heterocycles. The lowest BCUT2D eigenvalue weighted by atomic mass is 10.2. The van der Waals surface area contributed by atoms with E-state index in [0.29, 0.717) is 12.0 Å². The van der Waals surface area contributed by atoms with E-state index in [9.17, 15) is 17.6 Å². The van der Waals surface area contributed by atoms with Crippen LogP contribution in [0, 0.1) is 5.82 Å². The number of rotatable bonds is 8. The van der Waals surface area contributed by atoms with Crippen molar-refractivity contribution in [2.24, 2.45) is 0 Å². The maximum Gasteiger partial charge on any atom is 0.328 e. The Morgan fingerprint density at radius 2 is 2.10 bits per heavy atom. The highest BCUT2D eigenvalue weighted by Crippen LogP contribution is 2.18. The van der Waals surface area contributed by atoms with Gasteiger partial charge in [0.25, 0.3) is 0 Å². The molecule has 0 atom stereocenters. The van der Waals surface area contributed by atoms with Crippen molar-refractivity contribution in [3.63, 3.8) is 0 Å². The third-order valence-corrected chi connectivity index (χ3v) is 4.41. The van der Waals surface area contributed by atoms with E-state index in [-0.39, 0.29) is 23.9 Å². The maximum atomic E-state index is 13.3.